The first-order chi connectivity index (χ1) is 3.41. The first kappa shape index (κ1) is 10.9. The molecular formula is C4H12B2N2. The van der Waals surface area contributed by atoms with Crippen molar-refractivity contribution in [1.29, 1.82) is 0 Å². The molecule has 0 rings (SSSR count). The minimum atomic E-state index is 0. The standard InChI is InChI=1S/C4H11N.B2HN/c1-4(2,3)5;1-3-2/h5H2,1-3H3;3H. The lowest BCUT2D eigenvalue weighted by Gasteiger charge is -2.06. The van der Waals surface area contributed by atoms with Gasteiger partial charge in [0.2, 0.25) is 0 Å². The number of nitrogens with two attached hydrogens (primary N) is 1. The van der Waals surface area contributed by atoms with Gasteiger partial charge in [-0.3, -0.25) is 0 Å². The predicted molar refractivity (Wildman–Crippen MR) is 38.6 cm³/mol. The monoisotopic (exact) mass is 110 g/mol. The Morgan fingerprint density at radius 3 is 1.25 bits per heavy atom. The molecule has 0 aromatic carbocycles. The SMILES string of the molecule is CC(C)(C)N.[B]N[B]. The smallest absolute Gasteiger partial charge is 0.163 e. The van der Waals surface area contributed by atoms with E-state index >= 15 is 0 Å². The van der Waals surface area contributed by atoms with Gasteiger partial charge in [-0.2, -0.15) is 0 Å². The molecule has 3 N–H and O–H groups in total. The molecular weight excluding hydrogens is 97.7 g/mol. The molecule has 0 saturated heterocycles. The van der Waals surface area contributed by atoms with Gasteiger partial charge in [-0.15, -0.1) is 0 Å². The van der Waals surface area contributed by atoms with E-state index in [1.54, 1.807) is 5.14 Å². The van der Waals surface area contributed by atoms with Gasteiger partial charge in [-0.1, -0.05) is 0 Å². The summed E-state index contributed by atoms with van der Waals surface area (Å²) in [5.74, 6) is 0. The van der Waals surface area contributed by atoms with Crippen molar-refractivity contribution >= 4 is 16.0 Å². The largest absolute Gasteiger partial charge is 0.418 e. The van der Waals surface area contributed by atoms with Crippen LogP contribution in [0.5, 0.6) is 0 Å². The number of nitrogens with one attached hydrogen (secondary N) is 1. The maximum absolute atomic E-state index is 5.35. The minimum absolute atomic E-state index is 0. The van der Waals surface area contributed by atoms with Crippen LogP contribution >= 0.6 is 0 Å². The highest BCUT2D eigenvalue weighted by Crippen LogP contribution is 1.88. The molecule has 44 valence electrons. The fraction of sp³-hybridized carbons (Fsp3) is 1.00. The second-order valence-electron chi connectivity index (χ2n) is 2.53. The van der Waals surface area contributed by atoms with Crippen LogP contribution in [0.3, 0.4) is 0 Å². The summed E-state index contributed by atoms with van der Waals surface area (Å²) in [4.78, 5) is 0. The Kier molecular flexibility index (Phi) is 7.09. The zero-order chi connectivity index (χ0) is 7.21. The summed E-state index contributed by atoms with van der Waals surface area (Å²) in [6, 6.07) is 0. The third-order valence-corrected chi connectivity index (χ3v) is 0. The maximum Gasteiger partial charge on any atom is 0.163 e. The van der Waals surface area contributed by atoms with Crippen LogP contribution < -0.4 is 10.9 Å². The zero-order valence-corrected chi connectivity index (χ0v) is 5.73. The van der Waals surface area contributed by atoms with Crippen LogP contribution in [0.1, 0.15) is 20.8 Å². The Bertz CT molecular complexity index is 35.8. The van der Waals surface area contributed by atoms with Gasteiger partial charge in [-0.05, 0) is 20.8 Å². The van der Waals surface area contributed by atoms with Crippen molar-refractivity contribution in [2.24, 2.45) is 5.73 Å². The second kappa shape index (κ2) is 5.19. The average Bonchev–Trinajstić information content (AvgIpc) is 1.27. The van der Waals surface area contributed by atoms with Crippen molar-refractivity contribution in [3.63, 3.8) is 0 Å². The van der Waals surface area contributed by atoms with E-state index < -0.39 is 0 Å². The van der Waals surface area contributed by atoms with Crippen molar-refractivity contribution in [2.75, 3.05) is 0 Å². The van der Waals surface area contributed by atoms with Crippen molar-refractivity contribution < 1.29 is 0 Å². The van der Waals surface area contributed by atoms with Crippen LogP contribution in [0.4, 0.5) is 0 Å². The van der Waals surface area contributed by atoms with E-state index in [0.717, 1.165) is 0 Å². The van der Waals surface area contributed by atoms with Gasteiger partial charge in [-0.25, -0.2) is 0 Å². The van der Waals surface area contributed by atoms with Crippen molar-refractivity contribution in [1.82, 2.24) is 5.14 Å². The Hall–Kier alpha value is 0.0499. The molecule has 4 radical (unpaired) electrons. The highest BCUT2D eigenvalue weighted by atomic mass is 14.7. The molecule has 2 nitrogen and oxygen atoms in total. The lowest BCUT2D eigenvalue weighted by atomic mass is 10.1. The van der Waals surface area contributed by atoms with Crippen molar-refractivity contribution in [3.8, 4) is 0 Å². The molecule has 0 atom stereocenters. The summed E-state index contributed by atoms with van der Waals surface area (Å²) in [5.41, 5.74) is 5.35. The molecule has 0 heterocycles. The van der Waals surface area contributed by atoms with Crippen LogP contribution in [0, 0.1) is 0 Å². The molecule has 0 fully saturated rings. The normalized spacial score (nSPS) is 9.50. The Morgan fingerprint density at radius 1 is 1.25 bits per heavy atom. The van der Waals surface area contributed by atoms with Gasteiger partial charge in [0.15, 0.2) is 16.0 Å². The van der Waals surface area contributed by atoms with E-state index in [1.165, 1.54) is 0 Å². The predicted octanol–water partition coefficient (Wildman–Crippen LogP) is -0.513. The number of rotatable bonds is 0. The van der Waals surface area contributed by atoms with Crippen LogP contribution in [0.25, 0.3) is 0 Å². The maximum atomic E-state index is 5.35. The third kappa shape index (κ3) is 62000. The molecule has 0 aromatic heterocycles. The van der Waals surface area contributed by atoms with Crippen LogP contribution in [-0.2, 0) is 0 Å². The van der Waals surface area contributed by atoms with E-state index in [9.17, 15) is 0 Å². The first-order valence-corrected chi connectivity index (χ1v) is 2.37. The molecule has 0 aliphatic heterocycles. The van der Waals surface area contributed by atoms with E-state index in [1.807, 2.05) is 20.8 Å². The van der Waals surface area contributed by atoms with Crippen LogP contribution in [0.2, 0.25) is 0 Å². The lowest BCUT2D eigenvalue weighted by molar-refractivity contribution is 0.580. The minimum Gasteiger partial charge on any atom is -0.418 e. The van der Waals surface area contributed by atoms with Gasteiger partial charge < -0.3 is 10.9 Å². The van der Waals surface area contributed by atoms with Gasteiger partial charge >= 0.3 is 0 Å². The molecule has 8 heavy (non-hydrogen) atoms. The molecule has 0 unspecified atom stereocenters. The molecule has 0 aliphatic rings. The highest BCUT2D eigenvalue weighted by molar-refractivity contribution is 6.25. The first-order valence-electron chi connectivity index (χ1n) is 2.37. The van der Waals surface area contributed by atoms with E-state index in [2.05, 4.69) is 16.0 Å². The molecule has 4 heteroatoms. The summed E-state index contributed by atoms with van der Waals surface area (Å²) < 4.78 is 0. The number of hydrogen-bond donors (Lipinski definition) is 2. The lowest BCUT2D eigenvalue weighted by Crippen LogP contribution is -2.26. The van der Waals surface area contributed by atoms with Crippen LogP contribution in [0.15, 0.2) is 0 Å². The molecule has 0 spiro atoms. The van der Waals surface area contributed by atoms with E-state index in [0.29, 0.717) is 0 Å². The van der Waals surface area contributed by atoms with Gasteiger partial charge in [0.25, 0.3) is 0 Å². The summed E-state index contributed by atoms with van der Waals surface area (Å²) >= 11 is 0. The van der Waals surface area contributed by atoms with Crippen molar-refractivity contribution in [2.45, 2.75) is 26.3 Å². The highest BCUT2D eigenvalue weighted by Gasteiger charge is 1.95. The fourth-order valence-corrected chi connectivity index (χ4v) is 0. The van der Waals surface area contributed by atoms with Crippen LogP contribution in [-0.4, -0.2) is 21.5 Å². The topological polar surface area (TPSA) is 38.0 Å². The van der Waals surface area contributed by atoms with Gasteiger partial charge in [0.05, 0.1) is 0 Å². The van der Waals surface area contributed by atoms with Gasteiger partial charge in [0.1, 0.15) is 0 Å². The summed E-state index contributed by atoms with van der Waals surface area (Å²) in [7, 11) is 8.75. The summed E-state index contributed by atoms with van der Waals surface area (Å²) in [6.07, 6.45) is 0. The Labute approximate surface area is 54.1 Å². The summed E-state index contributed by atoms with van der Waals surface area (Å²) in [5, 5.41) is 1.75. The molecule has 0 aliphatic carbocycles. The van der Waals surface area contributed by atoms with Crippen molar-refractivity contribution in [3.05, 3.63) is 0 Å². The molecule has 0 bridgehead atoms. The Balaban J connectivity index is 0. The number of hydrogen-bond acceptors (Lipinski definition) is 2. The fourth-order valence-electron chi connectivity index (χ4n) is 0. The average molecular weight is 110 g/mol. The van der Waals surface area contributed by atoms with E-state index in [-0.39, 0.29) is 5.54 Å². The molecule has 0 aromatic rings. The van der Waals surface area contributed by atoms with Gasteiger partial charge in [0, 0.05) is 5.54 Å². The zero-order valence-electron chi connectivity index (χ0n) is 5.73. The molecule has 0 amide bonds. The molecule has 0 saturated carbocycles. The second-order valence-corrected chi connectivity index (χ2v) is 2.53. The third-order valence-electron chi connectivity index (χ3n) is 0. The Morgan fingerprint density at radius 2 is 1.25 bits per heavy atom. The van der Waals surface area contributed by atoms with E-state index in [4.69, 9.17) is 5.73 Å². The quantitative estimate of drug-likeness (QED) is 0.412. The summed E-state index contributed by atoms with van der Waals surface area (Å²) in [6.45, 7) is 5.90.